The fourth-order valence-corrected chi connectivity index (χ4v) is 2.73. The van der Waals surface area contributed by atoms with Crippen molar-refractivity contribution in [3.63, 3.8) is 0 Å². The van der Waals surface area contributed by atoms with Gasteiger partial charge in [-0.2, -0.15) is 5.10 Å². The molecule has 0 aliphatic rings. The minimum Gasteiger partial charge on any atom is -0.460 e. The van der Waals surface area contributed by atoms with E-state index in [9.17, 15) is 0 Å². The van der Waals surface area contributed by atoms with E-state index in [1.54, 1.807) is 0 Å². The molecule has 3 rings (SSSR count). The van der Waals surface area contributed by atoms with Gasteiger partial charge in [-0.05, 0) is 32.9 Å². The maximum atomic E-state index is 5.93. The zero-order valence-corrected chi connectivity index (χ0v) is 14.2. The van der Waals surface area contributed by atoms with Crippen molar-refractivity contribution < 1.29 is 4.42 Å². The number of benzene rings is 1. The molecule has 2 aromatic heterocycles. The number of furan rings is 1. The lowest BCUT2D eigenvalue weighted by Gasteiger charge is -2.04. The summed E-state index contributed by atoms with van der Waals surface area (Å²) in [6, 6.07) is 12.4. The molecule has 0 amide bonds. The number of nitrogens with zero attached hydrogens (tertiary/aromatic N) is 2. The molecule has 0 radical (unpaired) electrons. The Kier molecular flexibility index (Phi) is 4.35. The quantitative estimate of drug-likeness (QED) is 0.777. The van der Waals surface area contributed by atoms with Crippen LogP contribution in [0.15, 0.2) is 40.8 Å². The van der Waals surface area contributed by atoms with Crippen molar-refractivity contribution in [3.05, 3.63) is 64.7 Å². The van der Waals surface area contributed by atoms with Crippen molar-refractivity contribution in [1.82, 2.24) is 15.1 Å². The van der Waals surface area contributed by atoms with Crippen LogP contribution >= 0.6 is 0 Å². The average molecular weight is 309 g/mol. The van der Waals surface area contributed by atoms with Gasteiger partial charge in [0.1, 0.15) is 11.5 Å². The number of hydrogen-bond acceptors (Lipinski definition) is 3. The van der Waals surface area contributed by atoms with Crippen molar-refractivity contribution in [2.75, 3.05) is 0 Å². The number of aromatic nitrogens is 2. The fraction of sp³-hybridized carbons (Fsp3) is 0.316. The van der Waals surface area contributed by atoms with Gasteiger partial charge in [0.25, 0.3) is 0 Å². The first-order valence-corrected chi connectivity index (χ1v) is 7.90. The highest BCUT2D eigenvalue weighted by Gasteiger charge is 2.09. The summed E-state index contributed by atoms with van der Waals surface area (Å²) in [6.45, 7) is 7.74. The summed E-state index contributed by atoms with van der Waals surface area (Å²) in [7, 11) is 1.98. The van der Waals surface area contributed by atoms with E-state index >= 15 is 0 Å². The van der Waals surface area contributed by atoms with Gasteiger partial charge in [-0.25, -0.2) is 0 Å². The molecule has 120 valence electrons. The third-order valence-corrected chi connectivity index (χ3v) is 4.26. The normalized spacial score (nSPS) is 11.1. The minimum atomic E-state index is 0.708. The van der Waals surface area contributed by atoms with Crippen LogP contribution in [0.4, 0.5) is 0 Å². The number of rotatable bonds is 5. The molecule has 4 nitrogen and oxygen atoms in total. The highest BCUT2D eigenvalue weighted by Crippen LogP contribution is 2.22. The largest absolute Gasteiger partial charge is 0.460 e. The van der Waals surface area contributed by atoms with Gasteiger partial charge in [0.05, 0.1) is 12.2 Å². The first kappa shape index (κ1) is 15.6. The third kappa shape index (κ3) is 3.37. The van der Waals surface area contributed by atoms with Crippen LogP contribution in [0.2, 0.25) is 0 Å². The monoisotopic (exact) mass is 309 g/mol. The Balaban J connectivity index is 1.62. The maximum absolute atomic E-state index is 5.93. The van der Waals surface area contributed by atoms with E-state index in [0.717, 1.165) is 29.3 Å². The molecule has 0 fully saturated rings. The third-order valence-electron chi connectivity index (χ3n) is 4.26. The summed E-state index contributed by atoms with van der Waals surface area (Å²) < 4.78 is 7.86. The Bertz CT molecular complexity index is 797. The lowest BCUT2D eigenvalue weighted by atomic mass is 10.1. The van der Waals surface area contributed by atoms with E-state index < -0.39 is 0 Å². The van der Waals surface area contributed by atoms with Gasteiger partial charge in [0, 0.05) is 30.4 Å². The second kappa shape index (κ2) is 6.42. The molecule has 0 bridgehead atoms. The van der Waals surface area contributed by atoms with E-state index in [2.05, 4.69) is 48.5 Å². The second-order valence-electron chi connectivity index (χ2n) is 6.01. The molecule has 23 heavy (non-hydrogen) atoms. The van der Waals surface area contributed by atoms with Crippen LogP contribution in [0.25, 0.3) is 11.3 Å². The van der Waals surface area contributed by atoms with Crippen LogP contribution in [0.5, 0.6) is 0 Å². The van der Waals surface area contributed by atoms with Crippen LogP contribution in [0, 0.1) is 20.8 Å². The maximum Gasteiger partial charge on any atom is 0.134 e. The van der Waals surface area contributed by atoms with Gasteiger partial charge < -0.3 is 9.73 Å². The SMILES string of the molecule is Cc1ccc(-c2ccc(CNCc3c(C)nn(C)c3C)o2)cc1. The van der Waals surface area contributed by atoms with Crippen molar-refractivity contribution >= 4 is 0 Å². The summed E-state index contributed by atoms with van der Waals surface area (Å²) in [5.74, 6) is 1.86. The fourth-order valence-electron chi connectivity index (χ4n) is 2.73. The van der Waals surface area contributed by atoms with E-state index in [0.29, 0.717) is 6.54 Å². The van der Waals surface area contributed by atoms with Gasteiger partial charge in [0.2, 0.25) is 0 Å². The van der Waals surface area contributed by atoms with Gasteiger partial charge in [-0.3, -0.25) is 4.68 Å². The Morgan fingerprint density at radius 1 is 1.00 bits per heavy atom. The first-order valence-electron chi connectivity index (χ1n) is 7.90. The highest BCUT2D eigenvalue weighted by molar-refractivity contribution is 5.57. The summed E-state index contributed by atoms with van der Waals surface area (Å²) >= 11 is 0. The van der Waals surface area contributed by atoms with Gasteiger partial charge in [0.15, 0.2) is 0 Å². The standard InChI is InChI=1S/C19H23N3O/c1-13-5-7-16(8-6-13)19-10-9-17(23-19)11-20-12-18-14(2)21-22(4)15(18)3/h5-10,20H,11-12H2,1-4H3. The van der Waals surface area contributed by atoms with Crippen LogP contribution in [-0.2, 0) is 20.1 Å². The average Bonchev–Trinajstić information content (AvgIpc) is 3.08. The summed E-state index contributed by atoms with van der Waals surface area (Å²) in [5.41, 5.74) is 5.91. The molecule has 2 heterocycles. The highest BCUT2D eigenvalue weighted by atomic mass is 16.3. The predicted molar refractivity (Wildman–Crippen MR) is 92.1 cm³/mol. The molecule has 1 N–H and O–H groups in total. The number of hydrogen-bond donors (Lipinski definition) is 1. The van der Waals surface area contributed by atoms with Crippen molar-refractivity contribution in [2.45, 2.75) is 33.9 Å². The molecule has 3 aromatic rings. The second-order valence-corrected chi connectivity index (χ2v) is 6.01. The van der Waals surface area contributed by atoms with Gasteiger partial charge >= 0.3 is 0 Å². The lowest BCUT2D eigenvalue weighted by molar-refractivity contribution is 0.493. The molecule has 0 saturated carbocycles. The molecule has 0 spiro atoms. The number of aryl methyl sites for hydroxylation is 3. The van der Waals surface area contributed by atoms with Crippen molar-refractivity contribution in [2.24, 2.45) is 7.05 Å². The zero-order chi connectivity index (χ0) is 16.4. The molecular weight excluding hydrogens is 286 g/mol. The summed E-state index contributed by atoms with van der Waals surface area (Å²) in [4.78, 5) is 0. The molecule has 0 saturated heterocycles. The molecule has 4 heteroatoms. The lowest BCUT2D eigenvalue weighted by Crippen LogP contribution is -2.13. The molecule has 0 unspecified atom stereocenters. The van der Waals surface area contributed by atoms with Crippen LogP contribution < -0.4 is 5.32 Å². The zero-order valence-electron chi connectivity index (χ0n) is 14.2. The Hall–Kier alpha value is -2.33. The van der Waals surface area contributed by atoms with Crippen LogP contribution in [0.3, 0.4) is 0 Å². The topological polar surface area (TPSA) is 43.0 Å². The molecule has 1 aromatic carbocycles. The molecule has 0 aliphatic heterocycles. The predicted octanol–water partition coefficient (Wildman–Crippen LogP) is 3.90. The first-order chi connectivity index (χ1) is 11.0. The summed E-state index contributed by atoms with van der Waals surface area (Å²) in [5, 5.41) is 7.88. The van der Waals surface area contributed by atoms with Gasteiger partial charge in [-0.15, -0.1) is 0 Å². The molecular formula is C19H23N3O. The Morgan fingerprint density at radius 2 is 1.74 bits per heavy atom. The van der Waals surface area contributed by atoms with Crippen LogP contribution in [0.1, 0.15) is 28.3 Å². The smallest absolute Gasteiger partial charge is 0.134 e. The van der Waals surface area contributed by atoms with E-state index in [1.807, 2.05) is 30.8 Å². The van der Waals surface area contributed by atoms with E-state index in [1.165, 1.54) is 16.8 Å². The summed E-state index contributed by atoms with van der Waals surface area (Å²) in [6.07, 6.45) is 0. The minimum absolute atomic E-state index is 0.708. The van der Waals surface area contributed by atoms with E-state index in [-0.39, 0.29) is 0 Å². The Morgan fingerprint density at radius 3 is 2.39 bits per heavy atom. The van der Waals surface area contributed by atoms with Crippen LogP contribution in [-0.4, -0.2) is 9.78 Å². The molecule has 0 aliphatic carbocycles. The van der Waals surface area contributed by atoms with Crippen molar-refractivity contribution in [3.8, 4) is 11.3 Å². The van der Waals surface area contributed by atoms with E-state index in [4.69, 9.17) is 4.42 Å². The number of nitrogens with one attached hydrogen (secondary N) is 1. The van der Waals surface area contributed by atoms with Gasteiger partial charge in [-0.1, -0.05) is 29.8 Å². The molecule has 0 atom stereocenters. The Labute approximate surface area is 137 Å². The van der Waals surface area contributed by atoms with Crippen molar-refractivity contribution in [1.29, 1.82) is 0 Å².